The van der Waals surface area contributed by atoms with Gasteiger partial charge >= 0.3 is 0 Å². The summed E-state index contributed by atoms with van der Waals surface area (Å²) in [6.45, 7) is 5.46. The molecule has 6 heteroatoms. The summed E-state index contributed by atoms with van der Waals surface area (Å²) in [7, 11) is 2.02. The van der Waals surface area contributed by atoms with Crippen molar-refractivity contribution < 1.29 is 0 Å². The molecule has 0 radical (unpaired) electrons. The summed E-state index contributed by atoms with van der Waals surface area (Å²) in [5.74, 6) is 1.45. The molecule has 2 rings (SSSR count). The first-order valence-electron chi connectivity index (χ1n) is 6.45. The summed E-state index contributed by atoms with van der Waals surface area (Å²) in [5, 5.41) is 0. The van der Waals surface area contributed by atoms with Crippen LogP contribution in [0.15, 0.2) is 6.07 Å². The summed E-state index contributed by atoms with van der Waals surface area (Å²) >= 11 is 0. The van der Waals surface area contributed by atoms with Crippen LogP contribution in [0, 0.1) is 0 Å². The Morgan fingerprint density at radius 1 is 1.44 bits per heavy atom. The van der Waals surface area contributed by atoms with E-state index >= 15 is 0 Å². The van der Waals surface area contributed by atoms with Gasteiger partial charge in [-0.25, -0.2) is 0 Å². The molecule has 1 aromatic heterocycles. The Bertz CT molecular complexity index is 387. The van der Waals surface area contributed by atoms with E-state index in [4.69, 9.17) is 11.5 Å². The molecule has 1 saturated heterocycles. The van der Waals surface area contributed by atoms with E-state index < -0.39 is 0 Å². The van der Waals surface area contributed by atoms with E-state index in [1.165, 1.54) is 19.4 Å². The fraction of sp³-hybridized carbons (Fsp3) is 0.667. The van der Waals surface area contributed by atoms with Crippen molar-refractivity contribution in [1.29, 1.82) is 0 Å². The van der Waals surface area contributed by atoms with E-state index in [9.17, 15) is 0 Å². The lowest BCUT2D eigenvalue weighted by atomic mass is 10.2. The molecule has 0 aliphatic carbocycles. The number of likely N-dealkylation sites (tertiary alicyclic amines) is 1. The zero-order valence-corrected chi connectivity index (χ0v) is 11.1. The lowest BCUT2D eigenvalue weighted by molar-refractivity contribution is 0.270. The second-order valence-electron chi connectivity index (χ2n) is 4.81. The maximum Gasteiger partial charge on any atom is 0.223 e. The minimum atomic E-state index is 0.232. The third-order valence-electron chi connectivity index (χ3n) is 3.53. The third kappa shape index (κ3) is 2.81. The van der Waals surface area contributed by atoms with E-state index in [1.807, 2.05) is 7.05 Å². The average Bonchev–Trinajstić information content (AvgIpc) is 2.75. The van der Waals surface area contributed by atoms with Gasteiger partial charge in [0, 0.05) is 25.7 Å². The lowest BCUT2D eigenvalue weighted by Crippen LogP contribution is -2.39. The van der Waals surface area contributed by atoms with Crippen molar-refractivity contribution in [2.75, 3.05) is 43.0 Å². The normalized spacial score (nSPS) is 20.2. The van der Waals surface area contributed by atoms with Gasteiger partial charge in [0.25, 0.3) is 0 Å². The molecular weight excluding hydrogens is 228 g/mol. The molecule has 0 saturated carbocycles. The van der Waals surface area contributed by atoms with Crippen LogP contribution in [0.5, 0.6) is 0 Å². The summed E-state index contributed by atoms with van der Waals surface area (Å²) in [6.07, 6.45) is 2.52. The van der Waals surface area contributed by atoms with Crippen LogP contribution in [-0.2, 0) is 0 Å². The molecule has 1 atom stereocenters. The monoisotopic (exact) mass is 250 g/mol. The molecule has 6 nitrogen and oxygen atoms in total. The van der Waals surface area contributed by atoms with Gasteiger partial charge in [-0.05, 0) is 25.9 Å². The summed E-state index contributed by atoms with van der Waals surface area (Å²) in [4.78, 5) is 12.7. The second kappa shape index (κ2) is 5.39. The fourth-order valence-corrected chi connectivity index (χ4v) is 2.59. The molecule has 18 heavy (non-hydrogen) atoms. The number of likely N-dealkylation sites (N-methyl/N-ethyl adjacent to an activating group) is 2. The van der Waals surface area contributed by atoms with Crippen molar-refractivity contribution in [2.45, 2.75) is 25.8 Å². The number of nitrogen functional groups attached to an aromatic ring is 2. The highest BCUT2D eigenvalue weighted by Crippen LogP contribution is 2.20. The molecule has 1 fully saturated rings. The molecule has 100 valence electrons. The Labute approximate surface area is 108 Å². The Morgan fingerprint density at radius 2 is 2.22 bits per heavy atom. The number of aromatic nitrogens is 2. The minimum absolute atomic E-state index is 0.232. The van der Waals surface area contributed by atoms with Gasteiger partial charge in [-0.15, -0.1) is 0 Å². The smallest absolute Gasteiger partial charge is 0.223 e. The molecule has 0 aromatic carbocycles. The SMILES string of the molecule is CCN1CCCC1CN(C)c1cc(N)nc(N)n1. The quantitative estimate of drug-likeness (QED) is 0.812. The van der Waals surface area contributed by atoms with Crippen LogP contribution < -0.4 is 16.4 Å². The van der Waals surface area contributed by atoms with Crippen molar-refractivity contribution in [1.82, 2.24) is 14.9 Å². The van der Waals surface area contributed by atoms with Crippen molar-refractivity contribution in [3.63, 3.8) is 0 Å². The molecule has 0 bridgehead atoms. The van der Waals surface area contributed by atoms with Gasteiger partial charge in [-0.3, -0.25) is 4.90 Å². The van der Waals surface area contributed by atoms with E-state index in [0.29, 0.717) is 11.9 Å². The largest absolute Gasteiger partial charge is 0.383 e. The third-order valence-corrected chi connectivity index (χ3v) is 3.53. The Morgan fingerprint density at radius 3 is 2.89 bits per heavy atom. The lowest BCUT2D eigenvalue weighted by Gasteiger charge is -2.28. The van der Waals surface area contributed by atoms with Gasteiger partial charge in [-0.1, -0.05) is 6.92 Å². The molecule has 0 spiro atoms. The average molecular weight is 250 g/mol. The highest BCUT2D eigenvalue weighted by Gasteiger charge is 2.24. The number of rotatable bonds is 4. The van der Waals surface area contributed by atoms with Crippen LogP contribution in [-0.4, -0.2) is 47.6 Å². The van der Waals surface area contributed by atoms with Gasteiger partial charge in [0.15, 0.2) is 0 Å². The standard InChI is InChI=1S/C12H22N6/c1-3-18-6-4-5-9(18)8-17(2)11-7-10(13)15-12(14)16-11/h7,9H,3-6,8H2,1-2H3,(H4,13,14,15,16). The Kier molecular flexibility index (Phi) is 3.86. The zero-order chi connectivity index (χ0) is 13.1. The van der Waals surface area contributed by atoms with E-state index in [0.717, 1.165) is 18.9 Å². The Balaban J connectivity index is 2.04. The van der Waals surface area contributed by atoms with Crippen LogP contribution in [0.2, 0.25) is 0 Å². The highest BCUT2D eigenvalue weighted by atomic mass is 15.3. The van der Waals surface area contributed by atoms with Crippen LogP contribution in [0.1, 0.15) is 19.8 Å². The van der Waals surface area contributed by atoms with Crippen LogP contribution >= 0.6 is 0 Å². The minimum Gasteiger partial charge on any atom is -0.383 e. The van der Waals surface area contributed by atoms with Gasteiger partial charge in [0.05, 0.1) is 0 Å². The topological polar surface area (TPSA) is 84.3 Å². The van der Waals surface area contributed by atoms with Gasteiger partial charge in [0.2, 0.25) is 5.95 Å². The number of nitrogens with two attached hydrogens (primary N) is 2. The predicted octanol–water partition coefficient (Wildman–Crippen LogP) is 0.562. The molecule has 1 unspecified atom stereocenters. The van der Waals surface area contributed by atoms with Crippen molar-refractivity contribution >= 4 is 17.6 Å². The maximum atomic E-state index is 5.69. The predicted molar refractivity (Wildman–Crippen MR) is 74.4 cm³/mol. The summed E-state index contributed by atoms with van der Waals surface area (Å²) < 4.78 is 0. The first kappa shape index (κ1) is 12.9. The summed E-state index contributed by atoms with van der Waals surface area (Å²) in [5.41, 5.74) is 11.3. The van der Waals surface area contributed by atoms with Gasteiger partial charge < -0.3 is 16.4 Å². The molecular formula is C12H22N6. The number of anilines is 3. The number of hydrogen-bond acceptors (Lipinski definition) is 6. The Hall–Kier alpha value is -1.56. The molecule has 1 aromatic rings. The molecule has 1 aliphatic heterocycles. The van der Waals surface area contributed by atoms with E-state index in [-0.39, 0.29) is 5.95 Å². The fourth-order valence-electron chi connectivity index (χ4n) is 2.59. The highest BCUT2D eigenvalue weighted by molar-refractivity contribution is 5.49. The van der Waals surface area contributed by atoms with Crippen LogP contribution in [0.4, 0.5) is 17.6 Å². The first-order chi connectivity index (χ1) is 8.60. The molecule has 2 heterocycles. The molecule has 4 N–H and O–H groups in total. The van der Waals surface area contributed by atoms with E-state index in [2.05, 4.69) is 26.7 Å². The van der Waals surface area contributed by atoms with E-state index in [1.54, 1.807) is 6.07 Å². The van der Waals surface area contributed by atoms with Crippen molar-refractivity contribution in [2.24, 2.45) is 0 Å². The molecule has 1 aliphatic rings. The first-order valence-corrected chi connectivity index (χ1v) is 6.45. The van der Waals surface area contributed by atoms with Crippen molar-refractivity contribution in [3.8, 4) is 0 Å². The second-order valence-corrected chi connectivity index (χ2v) is 4.81. The summed E-state index contributed by atoms with van der Waals surface area (Å²) in [6, 6.07) is 2.36. The number of hydrogen-bond donors (Lipinski definition) is 2. The molecule has 0 amide bonds. The number of nitrogens with zero attached hydrogens (tertiary/aromatic N) is 4. The van der Waals surface area contributed by atoms with Crippen LogP contribution in [0.25, 0.3) is 0 Å². The van der Waals surface area contributed by atoms with Gasteiger partial charge in [-0.2, -0.15) is 9.97 Å². The van der Waals surface area contributed by atoms with Gasteiger partial charge in [0.1, 0.15) is 11.6 Å². The van der Waals surface area contributed by atoms with Crippen molar-refractivity contribution in [3.05, 3.63) is 6.07 Å². The van der Waals surface area contributed by atoms with Crippen LogP contribution in [0.3, 0.4) is 0 Å². The maximum absolute atomic E-state index is 5.69. The zero-order valence-electron chi connectivity index (χ0n) is 11.1.